The lowest BCUT2D eigenvalue weighted by atomic mass is 10.1. The zero-order valence-electron chi connectivity index (χ0n) is 10.6. The lowest BCUT2D eigenvalue weighted by Gasteiger charge is -2.06. The van der Waals surface area contributed by atoms with Gasteiger partial charge in [0.25, 0.3) is 0 Å². The first-order valence-electron chi connectivity index (χ1n) is 6.16. The fraction of sp³-hybridized carbons (Fsp3) is 0.143. The molecule has 0 spiro atoms. The molecule has 2 aromatic heterocycles. The van der Waals surface area contributed by atoms with Gasteiger partial charge < -0.3 is 5.73 Å². The van der Waals surface area contributed by atoms with E-state index in [9.17, 15) is 4.39 Å². The van der Waals surface area contributed by atoms with Crippen molar-refractivity contribution in [3.05, 3.63) is 52.9 Å². The number of nitrogens with two attached hydrogens (primary N) is 1. The van der Waals surface area contributed by atoms with Crippen molar-refractivity contribution >= 4 is 28.7 Å². The molecule has 0 atom stereocenters. The molecule has 0 bridgehead atoms. The molecule has 0 fully saturated rings. The van der Waals surface area contributed by atoms with Crippen molar-refractivity contribution in [1.82, 2.24) is 14.5 Å². The van der Waals surface area contributed by atoms with Crippen molar-refractivity contribution in [2.75, 3.05) is 5.73 Å². The highest BCUT2D eigenvalue weighted by atomic mass is 35.5. The van der Waals surface area contributed by atoms with Crippen molar-refractivity contribution in [3.8, 4) is 0 Å². The molecule has 0 aliphatic rings. The Morgan fingerprint density at radius 1 is 1.30 bits per heavy atom. The van der Waals surface area contributed by atoms with E-state index in [-0.39, 0.29) is 5.82 Å². The van der Waals surface area contributed by atoms with Crippen LogP contribution in [0.2, 0.25) is 5.02 Å². The summed E-state index contributed by atoms with van der Waals surface area (Å²) in [7, 11) is 0. The van der Waals surface area contributed by atoms with Gasteiger partial charge in [-0.1, -0.05) is 29.8 Å². The Hall–Kier alpha value is -2.14. The third-order valence-corrected chi connectivity index (χ3v) is 3.35. The molecule has 0 radical (unpaired) electrons. The van der Waals surface area contributed by atoms with Crippen LogP contribution in [0.25, 0.3) is 11.2 Å². The first-order chi connectivity index (χ1) is 9.65. The molecule has 1 aromatic carbocycles. The average Bonchev–Trinajstić information content (AvgIpc) is 2.73. The quantitative estimate of drug-likeness (QED) is 0.806. The second kappa shape index (κ2) is 5.09. The van der Waals surface area contributed by atoms with Gasteiger partial charge >= 0.3 is 0 Å². The van der Waals surface area contributed by atoms with Crippen LogP contribution in [0, 0.1) is 5.82 Å². The van der Waals surface area contributed by atoms with Gasteiger partial charge in [-0.3, -0.25) is 4.57 Å². The summed E-state index contributed by atoms with van der Waals surface area (Å²) in [6.07, 6.45) is 2.07. The maximum atomic E-state index is 13.6. The molecule has 3 rings (SSSR count). The van der Waals surface area contributed by atoms with Crippen LogP contribution in [-0.2, 0) is 13.0 Å². The molecule has 2 N–H and O–H groups in total. The number of aryl methyl sites for hydroxylation is 2. The summed E-state index contributed by atoms with van der Waals surface area (Å²) in [5.41, 5.74) is 7.82. The Labute approximate surface area is 120 Å². The Morgan fingerprint density at radius 3 is 2.90 bits per heavy atom. The van der Waals surface area contributed by atoms with Crippen LogP contribution >= 0.6 is 11.6 Å². The number of imidazole rings is 1. The predicted molar refractivity (Wildman–Crippen MR) is 77.1 cm³/mol. The van der Waals surface area contributed by atoms with Crippen molar-refractivity contribution in [2.45, 2.75) is 13.0 Å². The fourth-order valence-corrected chi connectivity index (χ4v) is 2.31. The van der Waals surface area contributed by atoms with E-state index in [0.29, 0.717) is 40.7 Å². The summed E-state index contributed by atoms with van der Waals surface area (Å²) >= 11 is 5.87. The summed E-state index contributed by atoms with van der Waals surface area (Å²) < 4.78 is 15.4. The number of hydrogen-bond acceptors (Lipinski definition) is 3. The molecule has 4 nitrogen and oxygen atoms in total. The van der Waals surface area contributed by atoms with Crippen molar-refractivity contribution in [2.24, 2.45) is 0 Å². The minimum atomic E-state index is -0.216. The van der Waals surface area contributed by atoms with Gasteiger partial charge in [-0.25, -0.2) is 14.4 Å². The highest BCUT2D eigenvalue weighted by Gasteiger charge is 2.10. The van der Waals surface area contributed by atoms with E-state index in [1.807, 2.05) is 6.07 Å². The van der Waals surface area contributed by atoms with Gasteiger partial charge in [-0.05, 0) is 24.1 Å². The van der Waals surface area contributed by atoms with E-state index in [1.165, 1.54) is 6.07 Å². The summed E-state index contributed by atoms with van der Waals surface area (Å²) in [5.74, 6) is 0.137. The molecule has 0 unspecified atom stereocenters. The van der Waals surface area contributed by atoms with Crippen molar-refractivity contribution < 1.29 is 4.39 Å². The Bertz CT molecular complexity index is 769. The van der Waals surface area contributed by atoms with E-state index < -0.39 is 0 Å². The average molecular weight is 291 g/mol. The van der Waals surface area contributed by atoms with Crippen LogP contribution in [0.5, 0.6) is 0 Å². The molecule has 20 heavy (non-hydrogen) atoms. The van der Waals surface area contributed by atoms with E-state index in [1.54, 1.807) is 29.0 Å². The monoisotopic (exact) mass is 290 g/mol. The van der Waals surface area contributed by atoms with Crippen LogP contribution in [-0.4, -0.2) is 14.5 Å². The Balaban J connectivity index is 1.91. The third kappa shape index (κ3) is 2.32. The molecule has 6 heteroatoms. The summed E-state index contributed by atoms with van der Waals surface area (Å²) in [6, 6.07) is 8.40. The molecule has 0 amide bonds. The first-order valence-corrected chi connectivity index (χ1v) is 6.53. The molecule has 102 valence electrons. The first kappa shape index (κ1) is 12.9. The van der Waals surface area contributed by atoms with Crippen LogP contribution in [0.3, 0.4) is 0 Å². The predicted octanol–water partition coefficient (Wildman–Crippen LogP) is 3.05. The normalized spacial score (nSPS) is 11.1. The number of aromatic nitrogens is 3. The molecule has 2 heterocycles. The minimum absolute atomic E-state index is 0.216. The van der Waals surface area contributed by atoms with Gasteiger partial charge in [-0.15, -0.1) is 0 Å². The number of halogens is 2. The topological polar surface area (TPSA) is 56.7 Å². The van der Waals surface area contributed by atoms with Gasteiger partial charge in [-0.2, -0.15) is 0 Å². The number of fused-ring (bicyclic) bond motifs is 1. The number of rotatable bonds is 3. The summed E-state index contributed by atoms with van der Waals surface area (Å²) in [4.78, 5) is 8.44. The Morgan fingerprint density at radius 2 is 2.10 bits per heavy atom. The molecule has 0 aliphatic heterocycles. The molecular formula is C14H12ClFN4. The van der Waals surface area contributed by atoms with Crippen LogP contribution in [0.15, 0.2) is 36.5 Å². The van der Waals surface area contributed by atoms with Gasteiger partial charge in [0.15, 0.2) is 5.65 Å². The lowest BCUT2D eigenvalue weighted by molar-refractivity contribution is 0.596. The van der Waals surface area contributed by atoms with Crippen molar-refractivity contribution in [3.63, 3.8) is 0 Å². The summed E-state index contributed by atoms with van der Waals surface area (Å²) in [5, 5.41) is 0.510. The summed E-state index contributed by atoms with van der Waals surface area (Å²) in [6.45, 7) is 0.512. The van der Waals surface area contributed by atoms with Crippen LogP contribution < -0.4 is 5.73 Å². The molecule has 0 saturated heterocycles. The van der Waals surface area contributed by atoms with Crippen molar-refractivity contribution in [1.29, 1.82) is 0 Å². The number of pyridine rings is 1. The van der Waals surface area contributed by atoms with E-state index >= 15 is 0 Å². The smallest absolute Gasteiger partial charge is 0.202 e. The highest BCUT2D eigenvalue weighted by Crippen LogP contribution is 2.20. The number of nitrogen functional groups attached to an aromatic ring is 1. The molecule has 0 saturated carbocycles. The van der Waals surface area contributed by atoms with E-state index in [4.69, 9.17) is 17.3 Å². The Kier molecular flexibility index (Phi) is 3.28. The molecular weight excluding hydrogens is 279 g/mol. The standard InChI is InChI=1S/C14H12ClFN4/c15-10-7-12-13(18-8-10)20(14(17)19-12)6-5-9-3-1-2-4-11(9)16/h1-4,7-8H,5-6H2,(H2,17,19). The lowest BCUT2D eigenvalue weighted by Crippen LogP contribution is -2.07. The van der Waals surface area contributed by atoms with Gasteiger partial charge in [0.2, 0.25) is 5.95 Å². The van der Waals surface area contributed by atoms with Gasteiger partial charge in [0.05, 0.1) is 5.02 Å². The third-order valence-electron chi connectivity index (χ3n) is 3.14. The van der Waals surface area contributed by atoms with Crippen LogP contribution in [0.4, 0.5) is 10.3 Å². The number of hydrogen-bond donors (Lipinski definition) is 1. The maximum absolute atomic E-state index is 13.6. The minimum Gasteiger partial charge on any atom is -0.369 e. The van der Waals surface area contributed by atoms with Gasteiger partial charge in [0, 0.05) is 12.7 Å². The van der Waals surface area contributed by atoms with E-state index in [0.717, 1.165) is 0 Å². The number of benzene rings is 1. The maximum Gasteiger partial charge on any atom is 0.202 e. The zero-order valence-corrected chi connectivity index (χ0v) is 11.3. The second-order valence-electron chi connectivity index (χ2n) is 4.46. The van der Waals surface area contributed by atoms with E-state index in [2.05, 4.69) is 9.97 Å². The van der Waals surface area contributed by atoms with Gasteiger partial charge in [0.1, 0.15) is 11.3 Å². The number of nitrogens with zero attached hydrogens (tertiary/aromatic N) is 3. The highest BCUT2D eigenvalue weighted by molar-refractivity contribution is 6.31. The fourth-order valence-electron chi connectivity index (χ4n) is 2.16. The zero-order chi connectivity index (χ0) is 14.1. The molecule has 0 aliphatic carbocycles. The SMILES string of the molecule is Nc1nc2cc(Cl)cnc2n1CCc1ccccc1F. The largest absolute Gasteiger partial charge is 0.369 e. The molecule has 3 aromatic rings. The second-order valence-corrected chi connectivity index (χ2v) is 4.90. The van der Waals surface area contributed by atoms with Crippen LogP contribution in [0.1, 0.15) is 5.56 Å². The number of anilines is 1.